The molecule has 0 aliphatic carbocycles. The number of pyridine rings is 2. The lowest BCUT2D eigenvalue weighted by Crippen LogP contribution is -2.08. The van der Waals surface area contributed by atoms with Gasteiger partial charge in [-0.2, -0.15) is 0 Å². The molecular weight excluding hydrogens is 238 g/mol. The van der Waals surface area contributed by atoms with Crippen molar-refractivity contribution >= 4 is 0 Å². The van der Waals surface area contributed by atoms with Crippen molar-refractivity contribution in [2.45, 2.75) is 19.4 Å². The first-order valence-corrected chi connectivity index (χ1v) is 6.49. The van der Waals surface area contributed by atoms with Gasteiger partial charge in [0.15, 0.2) is 0 Å². The molecule has 0 atom stereocenters. The van der Waals surface area contributed by atoms with Crippen molar-refractivity contribution in [1.82, 2.24) is 15.3 Å². The van der Waals surface area contributed by atoms with E-state index in [0.717, 1.165) is 30.7 Å². The summed E-state index contributed by atoms with van der Waals surface area (Å²) in [5.74, 6) is 0.867. The Hall–Kier alpha value is -1.94. The van der Waals surface area contributed by atoms with Gasteiger partial charge in [0.2, 0.25) is 0 Å². The van der Waals surface area contributed by atoms with Crippen molar-refractivity contribution in [2.75, 3.05) is 13.7 Å². The Balaban J connectivity index is 1.79. The summed E-state index contributed by atoms with van der Waals surface area (Å²) in [5.41, 5.74) is 2.43. The van der Waals surface area contributed by atoms with Crippen LogP contribution in [-0.2, 0) is 13.0 Å². The van der Waals surface area contributed by atoms with Gasteiger partial charge in [-0.1, -0.05) is 0 Å². The zero-order valence-electron chi connectivity index (χ0n) is 11.2. The number of ether oxygens (including phenoxy) is 1. The normalized spacial score (nSPS) is 10.4. The summed E-state index contributed by atoms with van der Waals surface area (Å²) >= 11 is 0. The Morgan fingerprint density at radius 2 is 1.89 bits per heavy atom. The zero-order chi connectivity index (χ0) is 13.3. The predicted molar refractivity (Wildman–Crippen MR) is 75.1 cm³/mol. The maximum Gasteiger partial charge on any atom is 0.142 e. The van der Waals surface area contributed by atoms with Gasteiger partial charge in [-0.25, -0.2) is 0 Å². The summed E-state index contributed by atoms with van der Waals surface area (Å²) in [4.78, 5) is 8.11. The number of hydrogen-bond donors (Lipinski definition) is 1. The molecule has 2 aromatic rings. The minimum atomic E-state index is 0.699. The minimum Gasteiger partial charge on any atom is -0.492 e. The summed E-state index contributed by atoms with van der Waals surface area (Å²) in [5, 5.41) is 3.13. The molecule has 2 heterocycles. The molecule has 0 unspecified atom stereocenters. The molecule has 1 N–H and O–H groups in total. The highest BCUT2D eigenvalue weighted by Crippen LogP contribution is 2.16. The third-order valence-electron chi connectivity index (χ3n) is 2.85. The fraction of sp³-hybridized carbons (Fsp3) is 0.333. The van der Waals surface area contributed by atoms with Crippen molar-refractivity contribution in [3.63, 3.8) is 0 Å². The second kappa shape index (κ2) is 7.48. The molecule has 4 nitrogen and oxygen atoms in total. The van der Waals surface area contributed by atoms with Gasteiger partial charge in [-0.15, -0.1) is 0 Å². The van der Waals surface area contributed by atoms with Crippen LogP contribution in [0.4, 0.5) is 0 Å². The molecule has 2 rings (SSSR count). The van der Waals surface area contributed by atoms with E-state index in [1.165, 1.54) is 5.56 Å². The van der Waals surface area contributed by atoms with Crippen molar-refractivity contribution < 1.29 is 4.74 Å². The predicted octanol–water partition coefficient (Wildman–Crippen LogP) is 2.21. The lowest BCUT2D eigenvalue weighted by atomic mass is 10.1. The molecule has 19 heavy (non-hydrogen) atoms. The Morgan fingerprint density at radius 1 is 1.11 bits per heavy atom. The van der Waals surface area contributed by atoms with Gasteiger partial charge in [0, 0.05) is 30.7 Å². The number of aryl methyl sites for hydroxylation is 1. The maximum absolute atomic E-state index is 5.79. The van der Waals surface area contributed by atoms with E-state index in [4.69, 9.17) is 4.74 Å². The molecule has 0 aliphatic heterocycles. The van der Waals surface area contributed by atoms with Crippen LogP contribution in [0, 0.1) is 0 Å². The summed E-state index contributed by atoms with van der Waals surface area (Å²) in [6.07, 6.45) is 9.20. The highest BCUT2D eigenvalue weighted by Gasteiger charge is 2.02. The molecule has 0 aromatic carbocycles. The van der Waals surface area contributed by atoms with Crippen molar-refractivity contribution in [1.29, 1.82) is 0 Å². The summed E-state index contributed by atoms with van der Waals surface area (Å²) in [7, 11) is 1.92. The third-order valence-corrected chi connectivity index (χ3v) is 2.85. The van der Waals surface area contributed by atoms with Gasteiger partial charge >= 0.3 is 0 Å². The van der Waals surface area contributed by atoms with Crippen molar-refractivity contribution in [2.24, 2.45) is 0 Å². The summed E-state index contributed by atoms with van der Waals surface area (Å²) in [6, 6.07) is 6.06. The van der Waals surface area contributed by atoms with Crippen LogP contribution in [0.5, 0.6) is 5.75 Å². The standard InChI is InChI=1S/C15H19N3O/c1-16-11-14-6-9-18-12-15(14)19-10-2-3-13-4-7-17-8-5-13/h4-9,12,16H,2-3,10-11H2,1H3. The molecule has 0 bridgehead atoms. The van der Waals surface area contributed by atoms with Crippen LogP contribution < -0.4 is 10.1 Å². The molecule has 4 heteroatoms. The maximum atomic E-state index is 5.79. The van der Waals surface area contributed by atoms with Crippen LogP contribution in [0.2, 0.25) is 0 Å². The lowest BCUT2D eigenvalue weighted by Gasteiger charge is -2.10. The van der Waals surface area contributed by atoms with E-state index in [9.17, 15) is 0 Å². The van der Waals surface area contributed by atoms with Gasteiger partial charge in [0.25, 0.3) is 0 Å². The van der Waals surface area contributed by atoms with E-state index in [2.05, 4.69) is 15.3 Å². The molecule has 0 saturated carbocycles. The van der Waals surface area contributed by atoms with Gasteiger partial charge in [-0.3, -0.25) is 9.97 Å². The topological polar surface area (TPSA) is 47.0 Å². The fourth-order valence-electron chi connectivity index (χ4n) is 1.88. The first-order chi connectivity index (χ1) is 9.40. The van der Waals surface area contributed by atoms with E-state index < -0.39 is 0 Å². The molecule has 0 aliphatic rings. The van der Waals surface area contributed by atoms with Crippen molar-refractivity contribution in [3.8, 4) is 5.75 Å². The van der Waals surface area contributed by atoms with Crippen LogP contribution in [0.1, 0.15) is 17.5 Å². The number of nitrogens with zero attached hydrogens (tertiary/aromatic N) is 2. The number of aromatic nitrogens is 2. The van der Waals surface area contributed by atoms with Crippen LogP contribution in [-0.4, -0.2) is 23.6 Å². The zero-order valence-corrected chi connectivity index (χ0v) is 11.2. The smallest absolute Gasteiger partial charge is 0.142 e. The highest BCUT2D eigenvalue weighted by molar-refractivity contribution is 5.29. The number of nitrogens with one attached hydrogen (secondary N) is 1. The Bertz CT molecular complexity index is 488. The van der Waals surface area contributed by atoms with Crippen LogP contribution in [0.15, 0.2) is 43.0 Å². The van der Waals surface area contributed by atoms with Crippen LogP contribution in [0.3, 0.4) is 0 Å². The summed E-state index contributed by atoms with van der Waals surface area (Å²) < 4.78 is 5.79. The largest absolute Gasteiger partial charge is 0.492 e. The molecule has 2 aromatic heterocycles. The van der Waals surface area contributed by atoms with Gasteiger partial charge < -0.3 is 10.1 Å². The molecular formula is C15H19N3O. The summed E-state index contributed by atoms with van der Waals surface area (Å²) in [6.45, 7) is 1.49. The molecule has 0 saturated heterocycles. The molecule has 0 amide bonds. The quantitative estimate of drug-likeness (QED) is 0.773. The van der Waals surface area contributed by atoms with Crippen molar-refractivity contribution in [3.05, 3.63) is 54.1 Å². The van der Waals surface area contributed by atoms with Crippen LogP contribution >= 0.6 is 0 Å². The average molecular weight is 257 g/mol. The van der Waals surface area contributed by atoms with E-state index in [1.54, 1.807) is 12.4 Å². The SMILES string of the molecule is CNCc1ccncc1OCCCc1ccncc1. The van der Waals surface area contributed by atoms with Gasteiger partial charge in [-0.05, 0) is 43.7 Å². The van der Waals surface area contributed by atoms with Crippen LogP contribution in [0.25, 0.3) is 0 Å². The number of rotatable bonds is 7. The first-order valence-electron chi connectivity index (χ1n) is 6.49. The fourth-order valence-corrected chi connectivity index (χ4v) is 1.88. The molecule has 0 fully saturated rings. The average Bonchev–Trinajstić information content (AvgIpc) is 2.47. The van der Waals surface area contributed by atoms with Gasteiger partial charge in [0.1, 0.15) is 5.75 Å². The van der Waals surface area contributed by atoms with E-state index >= 15 is 0 Å². The monoisotopic (exact) mass is 257 g/mol. The van der Waals surface area contributed by atoms with E-state index in [-0.39, 0.29) is 0 Å². The molecule has 0 radical (unpaired) electrons. The van der Waals surface area contributed by atoms with Gasteiger partial charge in [0.05, 0.1) is 12.8 Å². The molecule has 100 valence electrons. The number of hydrogen-bond acceptors (Lipinski definition) is 4. The lowest BCUT2D eigenvalue weighted by molar-refractivity contribution is 0.306. The molecule has 0 spiro atoms. The second-order valence-electron chi connectivity index (χ2n) is 4.32. The Labute approximate surface area is 113 Å². The second-order valence-corrected chi connectivity index (χ2v) is 4.32. The minimum absolute atomic E-state index is 0.699. The Morgan fingerprint density at radius 3 is 2.68 bits per heavy atom. The van der Waals surface area contributed by atoms with E-state index in [0.29, 0.717) is 6.61 Å². The third kappa shape index (κ3) is 4.34. The Kier molecular flexibility index (Phi) is 5.31. The van der Waals surface area contributed by atoms with E-state index in [1.807, 2.05) is 37.6 Å². The first kappa shape index (κ1) is 13.5. The highest BCUT2D eigenvalue weighted by atomic mass is 16.5.